The van der Waals surface area contributed by atoms with E-state index in [1.165, 1.54) is 5.56 Å². The Morgan fingerprint density at radius 1 is 1.47 bits per heavy atom. The maximum atomic E-state index is 5.79. The van der Waals surface area contributed by atoms with E-state index in [0.29, 0.717) is 12.5 Å². The van der Waals surface area contributed by atoms with Gasteiger partial charge in [-0.1, -0.05) is 30.3 Å². The van der Waals surface area contributed by atoms with Gasteiger partial charge in [0, 0.05) is 18.5 Å². The Labute approximate surface area is 112 Å². The van der Waals surface area contributed by atoms with Crippen molar-refractivity contribution in [1.82, 2.24) is 20.3 Å². The Morgan fingerprint density at radius 3 is 3.05 bits per heavy atom. The molecule has 1 aromatic carbocycles. The highest BCUT2D eigenvalue weighted by Gasteiger charge is 2.33. The molecule has 0 radical (unpaired) electrons. The molecule has 1 N–H and O–H groups in total. The molecule has 5 heteroatoms. The van der Waals surface area contributed by atoms with Crippen LogP contribution in [-0.4, -0.2) is 28.1 Å². The monoisotopic (exact) mass is 258 g/mol. The van der Waals surface area contributed by atoms with E-state index < -0.39 is 0 Å². The zero-order valence-corrected chi connectivity index (χ0v) is 11.2. The van der Waals surface area contributed by atoms with Crippen LogP contribution in [0.25, 0.3) is 0 Å². The molecule has 1 aliphatic rings. The van der Waals surface area contributed by atoms with Crippen molar-refractivity contribution in [1.29, 1.82) is 0 Å². The van der Waals surface area contributed by atoms with Gasteiger partial charge >= 0.3 is 0 Å². The molecule has 1 aromatic heterocycles. The van der Waals surface area contributed by atoms with Crippen molar-refractivity contribution in [2.75, 3.05) is 13.2 Å². The Balaban J connectivity index is 1.96. The van der Waals surface area contributed by atoms with Gasteiger partial charge in [-0.05, 0) is 12.6 Å². The van der Waals surface area contributed by atoms with E-state index in [1.54, 1.807) is 0 Å². The number of para-hydroxylation sites is 1. The van der Waals surface area contributed by atoms with Gasteiger partial charge < -0.3 is 10.1 Å². The van der Waals surface area contributed by atoms with E-state index in [0.717, 1.165) is 18.0 Å². The van der Waals surface area contributed by atoms with Crippen molar-refractivity contribution < 1.29 is 4.74 Å². The second-order valence-electron chi connectivity index (χ2n) is 4.77. The van der Waals surface area contributed by atoms with E-state index in [-0.39, 0.29) is 6.04 Å². The molecule has 2 unspecified atom stereocenters. The van der Waals surface area contributed by atoms with E-state index in [2.05, 4.69) is 34.7 Å². The van der Waals surface area contributed by atoms with Gasteiger partial charge in [-0.15, -0.1) is 5.10 Å². The number of hydrogen-bond acceptors (Lipinski definition) is 4. The van der Waals surface area contributed by atoms with E-state index >= 15 is 0 Å². The molecule has 2 heterocycles. The van der Waals surface area contributed by atoms with Crippen LogP contribution in [0.1, 0.15) is 30.1 Å². The molecule has 3 rings (SSSR count). The van der Waals surface area contributed by atoms with E-state index in [1.807, 2.05) is 30.1 Å². The van der Waals surface area contributed by atoms with Crippen molar-refractivity contribution in [2.24, 2.45) is 7.05 Å². The molecule has 0 saturated heterocycles. The molecule has 0 fully saturated rings. The molecule has 2 atom stereocenters. The predicted octanol–water partition coefficient (Wildman–Crippen LogP) is 1.64. The molecule has 19 heavy (non-hydrogen) atoms. The van der Waals surface area contributed by atoms with Crippen LogP contribution in [0.4, 0.5) is 0 Å². The molecule has 100 valence electrons. The van der Waals surface area contributed by atoms with Crippen LogP contribution < -0.4 is 10.1 Å². The smallest absolute Gasteiger partial charge is 0.122 e. The number of nitrogens with one attached hydrogen (secondary N) is 1. The standard InChI is InChI=1S/C14H18N4O/c1-3-15-14(12-8-16-17-18(12)2)11-9-19-13-7-5-4-6-10(11)13/h4-8,11,14-15H,3,9H2,1-2H3. The fraction of sp³-hybridized carbons (Fsp3) is 0.429. The number of fused-ring (bicyclic) bond motifs is 1. The Bertz CT molecular complexity index is 566. The van der Waals surface area contributed by atoms with Crippen molar-refractivity contribution >= 4 is 0 Å². The molecule has 0 saturated carbocycles. The molecular weight excluding hydrogens is 240 g/mol. The SMILES string of the molecule is CCNC(c1cnnn1C)C1COc2ccccc21. The van der Waals surface area contributed by atoms with Gasteiger partial charge in [-0.3, -0.25) is 4.68 Å². The average molecular weight is 258 g/mol. The Morgan fingerprint density at radius 2 is 2.32 bits per heavy atom. The summed E-state index contributed by atoms with van der Waals surface area (Å²) in [6.45, 7) is 3.70. The number of likely N-dealkylation sites (N-methyl/N-ethyl adjacent to an activating group) is 1. The van der Waals surface area contributed by atoms with Crippen LogP contribution in [0.3, 0.4) is 0 Å². The fourth-order valence-electron chi connectivity index (χ4n) is 2.72. The maximum absolute atomic E-state index is 5.79. The van der Waals surface area contributed by atoms with Crippen LogP contribution in [0, 0.1) is 0 Å². The summed E-state index contributed by atoms with van der Waals surface area (Å²) in [6.07, 6.45) is 1.83. The lowest BCUT2D eigenvalue weighted by molar-refractivity contribution is 0.296. The zero-order chi connectivity index (χ0) is 13.2. The topological polar surface area (TPSA) is 52.0 Å². The average Bonchev–Trinajstić information content (AvgIpc) is 3.03. The van der Waals surface area contributed by atoms with Gasteiger partial charge in [-0.2, -0.15) is 0 Å². The maximum Gasteiger partial charge on any atom is 0.122 e. The minimum atomic E-state index is 0.175. The number of ether oxygens (including phenoxy) is 1. The fourth-order valence-corrected chi connectivity index (χ4v) is 2.72. The van der Waals surface area contributed by atoms with Gasteiger partial charge in [0.15, 0.2) is 0 Å². The summed E-state index contributed by atoms with van der Waals surface area (Å²) >= 11 is 0. The van der Waals surface area contributed by atoms with Crippen LogP contribution >= 0.6 is 0 Å². The number of rotatable bonds is 4. The van der Waals surface area contributed by atoms with Crippen molar-refractivity contribution in [3.8, 4) is 5.75 Å². The van der Waals surface area contributed by atoms with Crippen molar-refractivity contribution in [3.05, 3.63) is 41.7 Å². The summed E-state index contributed by atoms with van der Waals surface area (Å²) in [6, 6.07) is 8.41. The highest BCUT2D eigenvalue weighted by molar-refractivity contribution is 5.41. The summed E-state index contributed by atoms with van der Waals surface area (Å²) in [7, 11) is 1.92. The van der Waals surface area contributed by atoms with E-state index in [4.69, 9.17) is 4.74 Å². The molecule has 0 amide bonds. The lowest BCUT2D eigenvalue weighted by atomic mass is 9.91. The first-order valence-corrected chi connectivity index (χ1v) is 6.61. The molecule has 0 bridgehead atoms. The molecule has 1 aliphatic heterocycles. The van der Waals surface area contributed by atoms with Gasteiger partial charge in [0.05, 0.1) is 24.5 Å². The van der Waals surface area contributed by atoms with Gasteiger partial charge in [0.1, 0.15) is 5.75 Å². The van der Waals surface area contributed by atoms with Crippen LogP contribution in [0.2, 0.25) is 0 Å². The molecular formula is C14H18N4O. The first-order chi connectivity index (χ1) is 9.31. The lowest BCUT2D eigenvalue weighted by Gasteiger charge is -2.23. The molecule has 0 aliphatic carbocycles. The van der Waals surface area contributed by atoms with Crippen LogP contribution in [-0.2, 0) is 7.05 Å². The van der Waals surface area contributed by atoms with Gasteiger partial charge in [-0.25, -0.2) is 0 Å². The van der Waals surface area contributed by atoms with Crippen molar-refractivity contribution in [3.63, 3.8) is 0 Å². The number of hydrogen-bond donors (Lipinski definition) is 1. The summed E-state index contributed by atoms with van der Waals surface area (Å²) in [5.74, 6) is 1.29. The summed E-state index contributed by atoms with van der Waals surface area (Å²) in [4.78, 5) is 0. The van der Waals surface area contributed by atoms with Gasteiger partial charge in [0.2, 0.25) is 0 Å². The quantitative estimate of drug-likeness (QED) is 0.906. The first-order valence-electron chi connectivity index (χ1n) is 6.61. The van der Waals surface area contributed by atoms with Gasteiger partial charge in [0.25, 0.3) is 0 Å². The first kappa shape index (κ1) is 12.2. The van der Waals surface area contributed by atoms with E-state index in [9.17, 15) is 0 Å². The minimum Gasteiger partial charge on any atom is -0.493 e. The Kier molecular flexibility index (Phi) is 3.21. The third kappa shape index (κ3) is 2.10. The van der Waals surface area contributed by atoms with Crippen LogP contribution in [0.15, 0.2) is 30.5 Å². The number of aryl methyl sites for hydroxylation is 1. The molecule has 2 aromatic rings. The zero-order valence-electron chi connectivity index (χ0n) is 11.2. The highest BCUT2D eigenvalue weighted by Crippen LogP contribution is 2.40. The normalized spacial score (nSPS) is 18.9. The highest BCUT2D eigenvalue weighted by atomic mass is 16.5. The summed E-state index contributed by atoms with van der Waals surface area (Å²) in [5.41, 5.74) is 2.35. The van der Waals surface area contributed by atoms with Crippen molar-refractivity contribution in [2.45, 2.75) is 18.9 Å². The molecule has 0 spiro atoms. The molecule has 5 nitrogen and oxygen atoms in total. The second kappa shape index (κ2) is 5.01. The predicted molar refractivity (Wildman–Crippen MR) is 72.1 cm³/mol. The third-order valence-electron chi connectivity index (χ3n) is 3.63. The largest absolute Gasteiger partial charge is 0.493 e. The Hall–Kier alpha value is -1.88. The number of aromatic nitrogens is 3. The summed E-state index contributed by atoms with van der Waals surface area (Å²) < 4.78 is 7.61. The number of benzene rings is 1. The van der Waals surface area contributed by atoms with Crippen LogP contribution in [0.5, 0.6) is 5.75 Å². The minimum absolute atomic E-state index is 0.175. The lowest BCUT2D eigenvalue weighted by Crippen LogP contribution is -2.29. The third-order valence-corrected chi connectivity index (χ3v) is 3.63. The second-order valence-corrected chi connectivity index (χ2v) is 4.77. The summed E-state index contributed by atoms with van der Waals surface area (Å²) in [5, 5.41) is 11.5. The number of nitrogens with zero attached hydrogens (tertiary/aromatic N) is 3.